The number of benzene rings is 2. The van der Waals surface area contributed by atoms with Crippen LogP contribution >= 0.6 is 0 Å². The van der Waals surface area contributed by atoms with Crippen LogP contribution in [-0.2, 0) is 4.74 Å². The van der Waals surface area contributed by atoms with E-state index < -0.39 is 23.9 Å². The van der Waals surface area contributed by atoms with E-state index >= 15 is 0 Å². The highest BCUT2D eigenvalue weighted by Crippen LogP contribution is 2.42. The van der Waals surface area contributed by atoms with Crippen LogP contribution in [0.5, 0.6) is 17.2 Å². The fourth-order valence-electron chi connectivity index (χ4n) is 2.66. The highest BCUT2D eigenvalue weighted by atomic mass is 16.6. The molecule has 3 rings (SSSR count). The van der Waals surface area contributed by atoms with Crippen molar-refractivity contribution in [2.45, 2.75) is 6.23 Å². The van der Waals surface area contributed by atoms with Gasteiger partial charge < -0.3 is 29.7 Å². The summed E-state index contributed by atoms with van der Waals surface area (Å²) >= 11 is 0. The molecule has 3 N–H and O–H groups in total. The average molecular weight is 345 g/mol. The van der Waals surface area contributed by atoms with Crippen molar-refractivity contribution in [1.82, 2.24) is 0 Å². The third-order valence-corrected chi connectivity index (χ3v) is 3.82. The highest BCUT2D eigenvalue weighted by Gasteiger charge is 2.36. The number of esters is 1. The standard InChI is InChI=1S/C17H15NO7/c1-23-12-6-5-10-13(14(12)24-2)17(22)25-15(10)18-8-3-4-9(16(20)21)11(19)7-8/h3-7,15,18-19H,1-2H3,(H,20,21)/t15-/m1/s1. The number of aromatic carboxylic acids is 1. The van der Waals surface area contributed by atoms with Crippen LogP contribution in [0.3, 0.4) is 0 Å². The molecule has 0 aliphatic carbocycles. The van der Waals surface area contributed by atoms with Crippen molar-refractivity contribution in [3.63, 3.8) is 0 Å². The zero-order valence-electron chi connectivity index (χ0n) is 13.4. The minimum atomic E-state index is -1.24. The van der Waals surface area contributed by atoms with Gasteiger partial charge in [-0.2, -0.15) is 0 Å². The Balaban J connectivity index is 1.94. The second-order valence-corrected chi connectivity index (χ2v) is 5.23. The molecule has 0 amide bonds. The molecule has 0 unspecified atom stereocenters. The molecule has 8 heteroatoms. The molecule has 130 valence electrons. The van der Waals surface area contributed by atoms with Gasteiger partial charge in [-0.15, -0.1) is 0 Å². The molecular weight excluding hydrogens is 330 g/mol. The van der Waals surface area contributed by atoms with E-state index in [1.165, 1.54) is 32.4 Å². The van der Waals surface area contributed by atoms with E-state index in [4.69, 9.17) is 19.3 Å². The summed E-state index contributed by atoms with van der Waals surface area (Å²) in [7, 11) is 2.89. The lowest BCUT2D eigenvalue weighted by molar-refractivity contribution is 0.0435. The van der Waals surface area contributed by atoms with Crippen LogP contribution in [0, 0.1) is 0 Å². The summed E-state index contributed by atoms with van der Waals surface area (Å²) in [6, 6.07) is 7.29. The summed E-state index contributed by atoms with van der Waals surface area (Å²) in [6.45, 7) is 0. The number of phenols is 1. The summed E-state index contributed by atoms with van der Waals surface area (Å²) < 4.78 is 15.7. The van der Waals surface area contributed by atoms with Gasteiger partial charge in [0.15, 0.2) is 11.5 Å². The predicted molar refractivity (Wildman–Crippen MR) is 86.4 cm³/mol. The molecule has 2 aromatic rings. The quantitative estimate of drug-likeness (QED) is 0.708. The number of hydrogen-bond donors (Lipinski definition) is 3. The molecular formula is C17H15NO7. The van der Waals surface area contributed by atoms with E-state index in [0.717, 1.165) is 0 Å². The predicted octanol–water partition coefficient (Wildman–Crippen LogP) is 2.39. The Hall–Kier alpha value is -3.42. The Kier molecular flexibility index (Phi) is 4.10. The Morgan fingerprint density at radius 2 is 1.96 bits per heavy atom. The van der Waals surface area contributed by atoms with Crippen LogP contribution in [0.15, 0.2) is 30.3 Å². The van der Waals surface area contributed by atoms with Gasteiger partial charge >= 0.3 is 11.9 Å². The van der Waals surface area contributed by atoms with Crippen LogP contribution in [0.2, 0.25) is 0 Å². The van der Waals surface area contributed by atoms with Gasteiger partial charge in [-0.25, -0.2) is 9.59 Å². The number of carboxylic acids is 1. The summed E-state index contributed by atoms with van der Waals surface area (Å²) in [5, 5.41) is 21.6. The molecule has 1 heterocycles. The number of hydrogen-bond acceptors (Lipinski definition) is 7. The van der Waals surface area contributed by atoms with Crippen molar-refractivity contribution >= 4 is 17.6 Å². The van der Waals surface area contributed by atoms with Gasteiger partial charge in [-0.05, 0) is 24.3 Å². The first-order valence-electron chi connectivity index (χ1n) is 7.25. The second kappa shape index (κ2) is 6.23. The molecule has 2 aromatic carbocycles. The maximum atomic E-state index is 12.2. The molecule has 0 spiro atoms. The van der Waals surface area contributed by atoms with Gasteiger partial charge in [0.05, 0.1) is 14.2 Å². The number of cyclic esters (lactones) is 1. The van der Waals surface area contributed by atoms with Gasteiger partial charge in [-0.3, -0.25) is 0 Å². The van der Waals surface area contributed by atoms with Crippen LogP contribution < -0.4 is 14.8 Å². The van der Waals surface area contributed by atoms with Crippen molar-refractivity contribution in [2.24, 2.45) is 0 Å². The topological polar surface area (TPSA) is 114 Å². The van der Waals surface area contributed by atoms with Gasteiger partial charge in [0.2, 0.25) is 6.23 Å². The van der Waals surface area contributed by atoms with Gasteiger partial charge in [0.25, 0.3) is 0 Å². The first-order valence-corrected chi connectivity index (χ1v) is 7.25. The van der Waals surface area contributed by atoms with Crippen molar-refractivity contribution in [3.8, 4) is 17.2 Å². The number of anilines is 1. The normalized spacial score (nSPS) is 15.3. The molecule has 25 heavy (non-hydrogen) atoms. The minimum Gasteiger partial charge on any atom is -0.507 e. The molecule has 0 bridgehead atoms. The first kappa shape index (κ1) is 16.4. The lowest BCUT2D eigenvalue weighted by atomic mass is 10.1. The largest absolute Gasteiger partial charge is 0.507 e. The summed E-state index contributed by atoms with van der Waals surface area (Å²) in [5.74, 6) is -1.52. The molecule has 0 saturated carbocycles. The van der Waals surface area contributed by atoms with Crippen molar-refractivity contribution in [3.05, 3.63) is 47.0 Å². The number of carbonyl (C=O) groups is 2. The van der Waals surface area contributed by atoms with Crippen molar-refractivity contribution < 1.29 is 34.0 Å². The number of carbonyl (C=O) groups excluding carboxylic acids is 1. The SMILES string of the molecule is COc1ccc2c(c1OC)C(=O)O[C@H]2Nc1ccc(C(=O)O)c(O)c1. The summed E-state index contributed by atoms with van der Waals surface area (Å²) in [6.07, 6.45) is -0.808. The fourth-order valence-corrected chi connectivity index (χ4v) is 2.66. The number of nitrogens with one attached hydrogen (secondary N) is 1. The number of methoxy groups -OCH3 is 2. The zero-order chi connectivity index (χ0) is 18.1. The van der Waals surface area contributed by atoms with Crippen LogP contribution in [-0.4, -0.2) is 36.4 Å². The fraction of sp³-hybridized carbons (Fsp3) is 0.176. The number of carboxylic acid groups (broad SMARTS) is 1. The minimum absolute atomic E-state index is 0.222. The zero-order valence-corrected chi connectivity index (χ0v) is 13.4. The van der Waals surface area contributed by atoms with Gasteiger partial charge in [0, 0.05) is 17.3 Å². The van der Waals surface area contributed by atoms with E-state index in [9.17, 15) is 14.7 Å². The van der Waals surface area contributed by atoms with Gasteiger partial charge in [-0.1, -0.05) is 0 Å². The van der Waals surface area contributed by atoms with Crippen LogP contribution in [0.25, 0.3) is 0 Å². The smallest absolute Gasteiger partial charge is 0.344 e. The number of fused-ring (bicyclic) bond motifs is 1. The van der Waals surface area contributed by atoms with E-state index in [0.29, 0.717) is 17.0 Å². The molecule has 1 aliphatic heterocycles. The molecule has 0 radical (unpaired) electrons. The van der Waals surface area contributed by atoms with Gasteiger partial charge in [0.1, 0.15) is 16.9 Å². The Morgan fingerprint density at radius 1 is 1.20 bits per heavy atom. The maximum absolute atomic E-state index is 12.2. The summed E-state index contributed by atoms with van der Waals surface area (Å²) in [5.41, 5.74) is 0.971. The highest BCUT2D eigenvalue weighted by molar-refractivity contribution is 5.98. The molecule has 0 fully saturated rings. The van der Waals surface area contributed by atoms with Crippen molar-refractivity contribution in [1.29, 1.82) is 0 Å². The molecule has 0 saturated heterocycles. The molecule has 8 nitrogen and oxygen atoms in total. The van der Waals surface area contributed by atoms with E-state index in [-0.39, 0.29) is 16.9 Å². The lowest BCUT2D eigenvalue weighted by Gasteiger charge is -2.15. The van der Waals surface area contributed by atoms with Crippen LogP contribution in [0.1, 0.15) is 32.5 Å². The monoisotopic (exact) mass is 345 g/mol. The first-order chi connectivity index (χ1) is 12.0. The third kappa shape index (κ3) is 2.78. The lowest BCUT2D eigenvalue weighted by Crippen LogP contribution is -2.10. The van der Waals surface area contributed by atoms with Crippen LogP contribution in [0.4, 0.5) is 5.69 Å². The van der Waals surface area contributed by atoms with E-state index in [1.54, 1.807) is 12.1 Å². The molecule has 0 aromatic heterocycles. The Labute approximate surface area is 142 Å². The Morgan fingerprint density at radius 3 is 2.56 bits per heavy atom. The molecule has 1 aliphatic rings. The maximum Gasteiger partial charge on any atom is 0.344 e. The van der Waals surface area contributed by atoms with E-state index in [2.05, 4.69) is 5.32 Å². The third-order valence-electron chi connectivity index (χ3n) is 3.82. The number of ether oxygens (including phenoxy) is 3. The Bertz CT molecular complexity index is 862. The summed E-state index contributed by atoms with van der Waals surface area (Å²) in [4.78, 5) is 23.1. The van der Waals surface area contributed by atoms with Crippen molar-refractivity contribution in [2.75, 3.05) is 19.5 Å². The number of rotatable bonds is 5. The second-order valence-electron chi connectivity index (χ2n) is 5.23. The van der Waals surface area contributed by atoms with E-state index in [1.807, 2.05) is 0 Å². The number of aromatic hydroxyl groups is 1. The average Bonchev–Trinajstić information content (AvgIpc) is 2.89. The molecule has 1 atom stereocenters.